The lowest BCUT2D eigenvalue weighted by Gasteiger charge is -2.16. The highest BCUT2D eigenvalue weighted by Crippen LogP contribution is 2.36. The van der Waals surface area contributed by atoms with Crippen LogP contribution in [0.5, 0.6) is 11.5 Å². The van der Waals surface area contributed by atoms with E-state index in [4.69, 9.17) is 44.3 Å². The second-order valence-electron chi connectivity index (χ2n) is 7.85. The van der Waals surface area contributed by atoms with Crippen LogP contribution in [0.2, 0.25) is 15.1 Å². The predicted octanol–water partition coefficient (Wildman–Crippen LogP) is 7.06. The molecule has 0 aromatic heterocycles. The summed E-state index contributed by atoms with van der Waals surface area (Å²) in [5.74, 6) is 0.504. The van der Waals surface area contributed by atoms with Crippen molar-refractivity contribution < 1.29 is 19.1 Å². The maximum Gasteiger partial charge on any atom is 0.333 e. The van der Waals surface area contributed by atoms with Gasteiger partial charge >= 0.3 is 6.03 Å². The van der Waals surface area contributed by atoms with Gasteiger partial charge in [0.1, 0.15) is 12.3 Å². The van der Waals surface area contributed by atoms with E-state index in [0.29, 0.717) is 44.2 Å². The van der Waals surface area contributed by atoms with E-state index in [1.807, 2.05) is 12.1 Å². The van der Waals surface area contributed by atoms with Crippen molar-refractivity contribution in [2.45, 2.75) is 13.0 Å². The molecule has 6 nitrogen and oxygen atoms in total. The maximum absolute atomic E-state index is 13.0. The normalized spacial score (nSPS) is 14.2. The summed E-state index contributed by atoms with van der Waals surface area (Å²) in [6.45, 7) is 4.06. The van der Waals surface area contributed by atoms with Crippen LogP contribution in [0.4, 0.5) is 10.5 Å². The first-order valence-corrected chi connectivity index (χ1v) is 12.0. The summed E-state index contributed by atoms with van der Waals surface area (Å²) in [5.41, 5.74) is 2.77. The molecule has 3 aromatic rings. The third-order valence-corrected chi connectivity index (χ3v) is 6.34. The van der Waals surface area contributed by atoms with Crippen LogP contribution in [0.3, 0.4) is 0 Å². The minimum Gasteiger partial charge on any atom is -0.493 e. The van der Waals surface area contributed by atoms with Gasteiger partial charge in [-0.1, -0.05) is 53.0 Å². The molecule has 1 aliphatic rings. The number of imide groups is 1. The van der Waals surface area contributed by atoms with Gasteiger partial charge in [-0.05, 0) is 66.1 Å². The van der Waals surface area contributed by atoms with E-state index in [9.17, 15) is 9.59 Å². The molecule has 0 atom stereocenters. The topological polar surface area (TPSA) is 67.9 Å². The second-order valence-corrected chi connectivity index (χ2v) is 9.10. The highest BCUT2D eigenvalue weighted by atomic mass is 35.5. The van der Waals surface area contributed by atoms with Crippen molar-refractivity contribution in [2.24, 2.45) is 0 Å². The van der Waals surface area contributed by atoms with Crippen LogP contribution in [0, 0.1) is 0 Å². The van der Waals surface area contributed by atoms with Crippen LogP contribution >= 0.6 is 34.8 Å². The lowest BCUT2D eigenvalue weighted by Crippen LogP contribution is -2.30. The zero-order valence-electron chi connectivity index (χ0n) is 19.2. The minimum atomic E-state index is -0.562. The highest BCUT2D eigenvalue weighted by Gasteiger charge is 2.35. The number of ether oxygens (including phenoxy) is 2. The Kier molecular flexibility index (Phi) is 7.89. The summed E-state index contributed by atoms with van der Waals surface area (Å²) < 4.78 is 11.7. The first kappa shape index (κ1) is 25.6. The summed E-state index contributed by atoms with van der Waals surface area (Å²) >= 11 is 18.1. The molecular formula is C27H21Cl3N2O4. The number of nitrogens with one attached hydrogen (secondary N) is 1. The molecule has 0 bridgehead atoms. The third-order valence-electron chi connectivity index (χ3n) is 5.36. The Morgan fingerprint density at radius 1 is 1.03 bits per heavy atom. The van der Waals surface area contributed by atoms with Gasteiger partial charge in [-0.15, -0.1) is 6.58 Å². The highest BCUT2D eigenvalue weighted by molar-refractivity contribution is 6.42. The fourth-order valence-corrected chi connectivity index (χ4v) is 4.23. The first-order valence-electron chi connectivity index (χ1n) is 10.8. The number of urea groups is 1. The molecule has 36 heavy (non-hydrogen) atoms. The molecule has 3 aromatic carbocycles. The third kappa shape index (κ3) is 5.51. The van der Waals surface area contributed by atoms with Gasteiger partial charge in [0, 0.05) is 10.6 Å². The fraction of sp³-hybridized carbons (Fsp3) is 0.111. The molecule has 9 heteroatoms. The molecule has 1 aliphatic heterocycles. The Balaban J connectivity index is 1.64. The van der Waals surface area contributed by atoms with Crippen molar-refractivity contribution in [3.8, 4) is 11.5 Å². The molecule has 1 saturated heterocycles. The van der Waals surface area contributed by atoms with E-state index in [0.717, 1.165) is 16.0 Å². The van der Waals surface area contributed by atoms with Crippen molar-refractivity contribution in [1.29, 1.82) is 0 Å². The number of halogens is 3. The number of allylic oxidation sites excluding steroid dienone is 1. The minimum absolute atomic E-state index is 0.121. The Hall–Kier alpha value is -3.45. The smallest absolute Gasteiger partial charge is 0.333 e. The average molecular weight is 544 g/mol. The van der Waals surface area contributed by atoms with Crippen molar-refractivity contribution in [1.82, 2.24) is 5.32 Å². The summed E-state index contributed by atoms with van der Waals surface area (Å²) in [6.07, 6.45) is 3.81. The number of methoxy groups -OCH3 is 1. The van der Waals surface area contributed by atoms with Gasteiger partial charge in [0.05, 0.1) is 22.8 Å². The van der Waals surface area contributed by atoms with E-state index >= 15 is 0 Å². The van der Waals surface area contributed by atoms with Crippen LogP contribution in [0.1, 0.15) is 16.7 Å². The summed E-state index contributed by atoms with van der Waals surface area (Å²) in [6, 6.07) is 14.8. The van der Waals surface area contributed by atoms with Gasteiger partial charge in [-0.2, -0.15) is 0 Å². The first-order chi connectivity index (χ1) is 17.3. The second kappa shape index (κ2) is 11.1. The standard InChI is InChI=1S/C27H21Cl3N2O4/c1-3-5-18-10-17(12-23-26(33)32(27(34)31-23)20-7-4-6-19(28)14-20)13-24(35-2)25(18)36-15-16-8-9-21(29)22(30)11-16/h3-4,6-14H,1,5,15H2,2H3,(H,31,34)/b23-12+. The SMILES string of the molecule is C=CCc1cc(/C=C2/NC(=O)N(c3cccc(Cl)c3)C2=O)cc(OC)c1OCc1ccc(Cl)c(Cl)c1. The zero-order chi connectivity index (χ0) is 25.8. The molecule has 1 N–H and O–H groups in total. The van der Waals surface area contributed by atoms with E-state index in [-0.39, 0.29) is 12.3 Å². The largest absolute Gasteiger partial charge is 0.493 e. The van der Waals surface area contributed by atoms with E-state index < -0.39 is 11.9 Å². The van der Waals surface area contributed by atoms with Gasteiger partial charge in [-0.3, -0.25) is 4.79 Å². The molecule has 0 aliphatic carbocycles. The molecule has 4 rings (SSSR count). The molecule has 0 saturated carbocycles. The molecule has 1 heterocycles. The van der Waals surface area contributed by atoms with E-state index in [1.165, 1.54) is 7.11 Å². The van der Waals surface area contributed by atoms with Crippen LogP contribution < -0.4 is 19.7 Å². The van der Waals surface area contributed by atoms with E-state index in [1.54, 1.807) is 54.6 Å². The Morgan fingerprint density at radius 2 is 1.83 bits per heavy atom. The van der Waals surface area contributed by atoms with E-state index in [2.05, 4.69) is 11.9 Å². The zero-order valence-corrected chi connectivity index (χ0v) is 21.5. The average Bonchev–Trinajstić information content (AvgIpc) is 3.12. The van der Waals surface area contributed by atoms with Crippen LogP contribution in [0.15, 0.2) is 72.9 Å². The molecule has 3 amide bonds. The number of nitrogens with zero attached hydrogens (tertiary/aromatic N) is 1. The Labute approximate surface area is 223 Å². The summed E-state index contributed by atoms with van der Waals surface area (Å²) in [4.78, 5) is 26.6. The van der Waals surface area contributed by atoms with Crippen molar-refractivity contribution in [3.63, 3.8) is 0 Å². The van der Waals surface area contributed by atoms with Crippen molar-refractivity contribution in [2.75, 3.05) is 12.0 Å². The summed E-state index contributed by atoms with van der Waals surface area (Å²) in [5, 5.41) is 3.94. The number of benzene rings is 3. The summed E-state index contributed by atoms with van der Waals surface area (Å²) in [7, 11) is 1.53. The lowest BCUT2D eigenvalue weighted by molar-refractivity contribution is -0.113. The van der Waals surface area contributed by atoms with Crippen LogP contribution in [0.25, 0.3) is 6.08 Å². The Bertz CT molecular complexity index is 1390. The molecular weight excluding hydrogens is 523 g/mol. The molecule has 1 fully saturated rings. The number of rotatable bonds is 8. The van der Waals surface area contributed by atoms with Gasteiger partial charge in [-0.25, -0.2) is 9.69 Å². The predicted molar refractivity (Wildman–Crippen MR) is 143 cm³/mol. The number of hydrogen-bond donors (Lipinski definition) is 1. The van der Waals surface area contributed by atoms with Crippen LogP contribution in [-0.2, 0) is 17.8 Å². The van der Waals surface area contributed by atoms with Gasteiger partial charge < -0.3 is 14.8 Å². The number of hydrogen-bond acceptors (Lipinski definition) is 4. The maximum atomic E-state index is 13.0. The number of anilines is 1. The molecule has 184 valence electrons. The molecule has 0 unspecified atom stereocenters. The number of carbonyl (C=O) groups is 2. The number of amides is 3. The molecule has 0 radical (unpaired) electrons. The fourth-order valence-electron chi connectivity index (χ4n) is 3.73. The van der Waals surface area contributed by atoms with Crippen molar-refractivity contribution in [3.05, 3.63) is 105 Å². The van der Waals surface area contributed by atoms with Gasteiger partial charge in [0.25, 0.3) is 5.91 Å². The van der Waals surface area contributed by atoms with Crippen molar-refractivity contribution >= 4 is 58.5 Å². The quantitative estimate of drug-likeness (QED) is 0.188. The van der Waals surface area contributed by atoms with Gasteiger partial charge in [0.15, 0.2) is 11.5 Å². The Morgan fingerprint density at radius 3 is 2.53 bits per heavy atom. The monoisotopic (exact) mass is 542 g/mol. The van der Waals surface area contributed by atoms with Gasteiger partial charge in [0.2, 0.25) is 0 Å². The number of carbonyl (C=O) groups excluding carboxylic acids is 2. The van der Waals surface area contributed by atoms with Crippen LogP contribution in [-0.4, -0.2) is 19.0 Å². The lowest BCUT2D eigenvalue weighted by atomic mass is 10.0. The molecule has 0 spiro atoms.